The maximum Gasteiger partial charge on any atom is 0.123 e. The normalized spacial score (nSPS) is 10.9. The van der Waals surface area contributed by atoms with Crippen LogP contribution < -0.4 is 5.32 Å². The van der Waals surface area contributed by atoms with Gasteiger partial charge in [-0.3, -0.25) is 4.68 Å². The van der Waals surface area contributed by atoms with Crippen molar-refractivity contribution in [2.75, 3.05) is 13.1 Å². The zero-order chi connectivity index (χ0) is 13.7. The van der Waals surface area contributed by atoms with Crippen LogP contribution in [0.3, 0.4) is 0 Å². The minimum absolute atomic E-state index is 0.162. The molecule has 0 amide bonds. The predicted molar refractivity (Wildman–Crippen MR) is 74.6 cm³/mol. The largest absolute Gasteiger partial charge is 0.316 e. The van der Waals surface area contributed by atoms with E-state index in [1.54, 1.807) is 6.07 Å². The van der Waals surface area contributed by atoms with Crippen molar-refractivity contribution in [2.24, 2.45) is 7.05 Å². The molecule has 0 radical (unpaired) electrons. The summed E-state index contributed by atoms with van der Waals surface area (Å²) in [6, 6.07) is 7.02. The Bertz CT molecular complexity index is 534. The van der Waals surface area contributed by atoms with Gasteiger partial charge in [0.25, 0.3) is 0 Å². The lowest BCUT2D eigenvalue weighted by Gasteiger charge is -2.07. The van der Waals surface area contributed by atoms with E-state index in [1.807, 2.05) is 37.0 Å². The number of halogens is 1. The Morgan fingerprint density at radius 1 is 1.21 bits per heavy atom. The van der Waals surface area contributed by atoms with Crippen LogP contribution in [0.5, 0.6) is 0 Å². The molecule has 0 aliphatic heterocycles. The summed E-state index contributed by atoms with van der Waals surface area (Å²) >= 11 is 0. The smallest absolute Gasteiger partial charge is 0.123 e. The van der Waals surface area contributed by atoms with E-state index >= 15 is 0 Å². The van der Waals surface area contributed by atoms with E-state index in [2.05, 4.69) is 10.4 Å². The van der Waals surface area contributed by atoms with Gasteiger partial charge in [0.1, 0.15) is 5.82 Å². The number of hydrogen-bond acceptors (Lipinski definition) is 2. The highest BCUT2D eigenvalue weighted by atomic mass is 19.1. The molecule has 0 saturated heterocycles. The zero-order valence-corrected chi connectivity index (χ0v) is 11.5. The lowest BCUT2D eigenvalue weighted by molar-refractivity contribution is 0.622. The van der Waals surface area contributed by atoms with E-state index in [-0.39, 0.29) is 5.82 Å². The van der Waals surface area contributed by atoms with Crippen molar-refractivity contribution >= 4 is 0 Å². The molecule has 2 rings (SSSR count). The number of rotatable bonds is 6. The predicted octanol–water partition coefficient (Wildman–Crippen LogP) is 2.24. The third kappa shape index (κ3) is 3.89. The van der Waals surface area contributed by atoms with Crippen LogP contribution >= 0.6 is 0 Å². The lowest BCUT2D eigenvalue weighted by Crippen LogP contribution is -2.21. The van der Waals surface area contributed by atoms with E-state index in [4.69, 9.17) is 0 Å². The fourth-order valence-corrected chi connectivity index (χ4v) is 2.15. The van der Waals surface area contributed by atoms with Gasteiger partial charge in [0.15, 0.2) is 0 Å². The van der Waals surface area contributed by atoms with Gasteiger partial charge in [0.2, 0.25) is 0 Å². The van der Waals surface area contributed by atoms with E-state index < -0.39 is 0 Å². The monoisotopic (exact) mass is 261 g/mol. The molecule has 3 nitrogen and oxygen atoms in total. The minimum Gasteiger partial charge on any atom is -0.316 e. The van der Waals surface area contributed by atoms with E-state index in [0.717, 1.165) is 31.5 Å². The number of nitrogens with one attached hydrogen (secondary N) is 1. The minimum atomic E-state index is -0.162. The third-order valence-electron chi connectivity index (χ3n) is 3.36. The van der Waals surface area contributed by atoms with E-state index in [1.165, 1.54) is 17.3 Å². The first-order valence-electron chi connectivity index (χ1n) is 6.59. The number of nitrogens with zero attached hydrogens (tertiary/aromatic N) is 2. The molecule has 0 saturated carbocycles. The summed E-state index contributed by atoms with van der Waals surface area (Å²) in [4.78, 5) is 0. The molecule has 102 valence electrons. The van der Waals surface area contributed by atoms with Crippen LogP contribution in [0.4, 0.5) is 4.39 Å². The van der Waals surface area contributed by atoms with Crippen molar-refractivity contribution in [1.29, 1.82) is 0 Å². The Morgan fingerprint density at radius 3 is 2.68 bits per heavy atom. The molecular weight excluding hydrogens is 241 g/mol. The van der Waals surface area contributed by atoms with Crippen LogP contribution in [-0.2, 0) is 19.9 Å². The molecule has 0 aliphatic rings. The van der Waals surface area contributed by atoms with Gasteiger partial charge in [0, 0.05) is 31.9 Å². The van der Waals surface area contributed by atoms with Gasteiger partial charge in [0.05, 0.1) is 0 Å². The highest BCUT2D eigenvalue weighted by Gasteiger charge is 2.01. The SMILES string of the molecule is Cc1cc(F)ccc1CCNCCc1ccnn1C. The standard InChI is InChI=1S/C15H20FN3/c1-12-11-14(16)4-3-13(12)5-8-17-9-6-15-7-10-18-19(15)2/h3-4,7,10-11,17H,5-6,8-9H2,1-2H3. The molecule has 1 N–H and O–H groups in total. The molecule has 19 heavy (non-hydrogen) atoms. The molecule has 1 heterocycles. The molecule has 4 heteroatoms. The van der Waals surface area contributed by atoms with Crippen molar-refractivity contribution in [1.82, 2.24) is 15.1 Å². The first-order chi connectivity index (χ1) is 9.16. The summed E-state index contributed by atoms with van der Waals surface area (Å²) in [5.41, 5.74) is 3.45. The van der Waals surface area contributed by atoms with Crippen molar-refractivity contribution in [3.05, 3.63) is 53.1 Å². The van der Waals surface area contributed by atoms with Crippen molar-refractivity contribution < 1.29 is 4.39 Å². The van der Waals surface area contributed by atoms with Gasteiger partial charge in [-0.2, -0.15) is 5.10 Å². The molecule has 2 aromatic rings. The Morgan fingerprint density at radius 2 is 2.00 bits per heavy atom. The third-order valence-corrected chi connectivity index (χ3v) is 3.36. The molecule has 0 aliphatic carbocycles. The average Bonchev–Trinajstić information content (AvgIpc) is 2.77. The van der Waals surface area contributed by atoms with Gasteiger partial charge in [-0.15, -0.1) is 0 Å². The Kier molecular flexibility index (Phi) is 4.68. The molecule has 0 atom stereocenters. The van der Waals surface area contributed by atoms with Crippen LogP contribution in [0, 0.1) is 12.7 Å². The van der Waals surface area contributed by atoms with Crippen molar-refractivity contribution in [3.8, 4) is 0 Å². The second-order valence-corrected chi connectivity index (χ2v) is 4.77. The molecule has 0 bridgehead atoms. The van der Waals surface area contributed by atoms with Gasteiger partial charge in [-0.05, 0) is 49.2 Å². The first kappa shape index (κ1) is 13.7. The summed E-state index contributed by atoms with van der Waals surface area (Å²) in [6.45, 7) is 3.79. The van der Waals surface area contributed by atoms with E-state index in [0.29, 0.717) is 0 Å². The number of benzene rings is 1. The number of hydrogen-bond donors (Lipinski definition) is 1. The molecule has 1 aromatic carbocycles. The summed E-state index contributed by atoms with van der Waals surface area (Å²) in [6.07, 6.45) is 3.72. The van der Waals surface area contributed by atoms with Gasteiger partial charge < -0.3 is 5.32 Å². The molecule has 1 aromatic heterocycles. The molecular formula is C15H20FN3. The van der Waals surface area contributed by atoms with Gasteiger partial charge >= 0.3 is 0 Å². The Labute approximate surface area is 113 Å². The van der Waals surface area contributed by atoms with Crippen LogP contribution in [0.25, 0.3) is 0 Å². The zero-order valence-electron chi connectivity index (χ0n) is 11.5. The summed E-state index contributed by atoms with van der Waals surface area (Å²) < 4.78 is 14.9. The van der Waals surface area contributed by atoms with Crippen molar-refractivity contribution in [3.63, 3.8) is 0 Å². The maximum atomic E-state index is 13.0. The highest BCUT2D eigenvalue weighted by molar-refractivity contribution is 5.26. The van der Waals surface area contributed by atoms with Crippen LogP contribution in [0.15, 0.2) is 30.5 Å². The average molecular weight is 261 g/mol. The topological polar surface area (TPSA) is 29.9 Å². The summed E-state index contributed by atoms with van der Waals surface area (Å²) in [7, 11) is 1.96. The second-order valence-electron chi connectivity index (χ2n) is 4.77. The fourth-order valence-electron chi connectivity index (χ4n) is 2.15. The summed E-state index contributed by atoms with van der Waals surface area (Å²) in [5.74, 6) is -0.162. The second kappa shape index (κ2) is 6.48. The number of aryl methyl sites for hydroxylation is 2. The first-order valence-corrected chi connectivity index (χ1v) is 6.59. The van der Waals surface area contributed by atoms with E-state index in [9.17, 15) is 4.39 Å². The molecule has 0 fully saturated rings. The maximum absolute atomic E-state index is 13.0. The lowest BCUT2D eigenvalue weighted by atomic mass is 10.1. The Hall–Kier alpha value is -1.68. The van der Waals surface area contributed by atoms with Crippen LogP contribution in [0.1, 0.15) is 16.8 Å². The van der Waals surface area contributed by atoms with Gasteiger partial charge in [-0.25, -0.2) is 4.39 Å². The highest BCUT2D eigenvalue weighted by Crippen LogP contribution is 2.10. The quantitative estimate of drug-likeness (QED) is 0.808. The van der Waals surface area contributed by atoms with Crippen LogP contribution in [0.2, 0.25) is 0 Å². The van der Waals surface area contributed by atoms with Crippen LogP contribution in [-0.4, -0.2) is 22.9 Å². The van der Waals surface area contributed by atoms with Crippen molar-refractivity contribution in [2.45, 2.75) is 19.8 Å². The summed E-state index contributed by atoms with van der Waals surface area (Å²) in [5, 5.41) is 7.54. The molecule has 0 unspecified atom stereocenters. The Balaban J connectivity index is 1.71. The molecule has 0 spiro atoms. The number of aromatic nitrogens is 2. The fraction of sp³-hybridized carbons (Fsp3) is 0.400. The van der Waals surface area contributed by atoms with Gasteiger partial charge in [-0.1, -0.05) is 6.07 Å².